The van der Waals surface area contributed by atoms with E-state index in [1.165, 1.54) is 10.9 Å². The number of ether oxygens (including phenoxy) is 1. The Morgan fingerprint density at radius 2 is 1.82 bits per heavy atom. The molecule has 0 aliphatic carbocycles. The molecule has 4 aromatic rings. The van der Waals surface area contributed by atoms with Gasteiger partial charge < -0.3 is 30.2 Å². The summed E-state index contributed by atoms with van der Waals surface area (Å²) >= 11 is 0. The minimum absolute atomic E-state index is 0.536. The van der Waals surface area contributed by atoms with Crippen molar-refractivity contribution in [1.29, 1.82) is 0 Å². The number of anilines is 4. The number of hydrogen-bond acceptors (Lipinski definition) is 7. The van der Waals surface area contributed by atoms with E-state index in [0.29, 0.717) is 17.4 Å². The van der Waals surface area contributed by atoms with Gasteiger partial charge in [-0.25, -0.2) is 9.97 Å². The molecule has 3 heterocycles. The van der Waals surface area contributed by atoms with Crippen LogP contribution in [0.25, 0.3) is 22.2 Å². The van der Waals surface area contributed by atoms with Gasteiger partial charge in [0.2, 0.25) is 5.95 Å². The van der Waals surface area contributed by atoms with Crippen LogP contribution in [-0.2, 0) is 7.05 Å². The van der Waals surface area contributed by atoms with Crippen molar-refractivity contribution < 1.29 is 4.74 Å². The van der Waals surface area contributed by atoms with Crippen LogP contribution in [0.15, 0.2) is 48.8 Å². The Hall–Kier alpha value is -3.78. The second-order valence-corrected chi connectivity index (χ2v) is 8.92. The second-order valence-electron chi connectivity index (χ2n) is 8.92. The first-order chi connectivity index (χ1) is 16.4. The molecule has 0 spiro atoms. The van der Waals surface area contributed by atoms with Gasteiger partial charge in [-0.15, -0.1) is 0 Å². The number of methoxy groups -OCH3 is 1. The number of rotatable bonds is 5. The van der Waals surface area contributed by atoms with E-state index < -0.39 is 0 Å². The lowest BCUT2D eigenvalue weighted by Crippen LogP contribution is -2.44. The fourth-order valence-electron chi connectivity index (χ4n) is 4.60. The summed E-state index contributed by atoms with van der Waals surface area (Å²) in [6.45, 7) is 5.89. The summed E-state index contributed by atoms with van der Waals surface area (Å²) in [5.41, 5.74) is 13.0. The molecular weight excluding hydrogens is 426 g/mol. The topological polar surface area (TPSA) is 84.5 Å². The molecule has 8 heteroatoms. The average Bonchev–Trinajstić information content (AvgIpc) is 3.18. The maximum absolute atomic E-state index is 6.28. The highest BCUT2D eigenvalue weighted by molar-refractivity contribution is 5.96. The van der Waals surface area contributed by atoms with Crippen LogP contribution >= 0.6 is 0 Å². The maximum atomic E-state index is 6.28. The molecule has 0 amide bonds. The monoisotopic (exact) mass is 457 g/mol. The van der Waals surface area contributed by atoms with Crippen molar-refractivity contribution in [1.82, 2.24) is 19.4 Å². The molecule has 0 bridgehead atoms. The average molecular weight is 458 g/mol. The van der Waals surface area contributed by atoms with Crippen LogP contribution in [0, 0.1) is 6.92 Å². The van der Waals surface area contributed by atoms with E-state index in [1.807, 2.05) is 25.3 Å². The summed E-state index contributed by atoms with van der Waals surface area (Å²) in [6.07, 6.45) is 4.00. The Labute approximate surface area is 200 Å². The number of fused-ring (bicyclic) bond motifs is 1. The van der Waals surface area contributed by atoms with Crippen molar-refractivity contribution in [3.8, 4) is 17.0 Å². The van der Waals surface area contributed by atoms with Crippen LogP contribution in [-0.4, -0.2) is 59.8 Å². The second kappa shape index (κ2) is 8.87. The molecule has 176 valence electrons. The number of hydrogen-bond donors (Lipinski definition) is 2. The summed E-state index contributed by atoms with van der Waals surface area (Å²) in [6, 6.07) is 12.3. The molecule has 1 aliphatic heterocycles. The van der Waals surface area contributed by atoms with Crippen molar-refractivity contribution in [2.24, 2.45) is 7.05 Å². The number of nitrogens with zero attached hydrogens (tertiary/aromatic N) is 5. The van der Waals surface area contributed by atoms with Crippen molar-refractivity contribution >= 4 is 33.9 Å². The Bertz CT molecular complexity index is 1340. The molecule has 1 saturated heterocycles. The van der Waals surface area contributed by atoms with Crippen molar-refractivity contribution in [3.05, 3.63) is 54.4 Å². The van der Waals surface area contributed by atoms with Gasteiger partial charge in [0, 0.05) is 68.2 Å². The lowest BCUT2D eigenvalue weighted by atomic mass is 10.1. The number of nitrogens with two attached hydrogens (primary N) is 1. The first-order valence-corrected chi connectivity index (χ1v) is 11.5. The molecule has 34 heavy (non-hydrogen) atoms. The molecule has 0 unspecified atom stereocenters. The zero-order valence-corrected chi connectivity index (χ0v) is 20.2. The van der Waals surface area contributed by atoms with Crippen LogP contribution < -0.4 is 20.7 Å². The Kier molecular flexibility index (Phi) is 5.75. The van der Waals surface area contributed by atoms with E-state index in [-0.39, 0.29) is 0 Å². The molecule has 1 aliphatic rings. The Morgan fingerprint density at radius 3 is 2.59 bits per heavy atom. The van der Waals surface area contributed by atoms with E-state index >= 15 is 0 Å². The van der Waals surface area contributed by atoms with E-state index in [1.54, 1.807) is 7.11 Å². The summed E-state index contributed by atoms with van der Waals surface area (Å²) in [5, 5.41) is 4.62. The molecule has 0 radical (unpaired) electrons. The highest BCUT2D eigenvalue weighted by atomic mass is 16.5. The van der Waals surface area contributed by atoms with Crippen molar-refractivity contribution in [2.45, 2.75) is 6.92 Å². The summed E-state index contributed by atoms with van der Waals surface area (Å²) in [4.78, 5) is 14.2. The number of para-hydroxylation sites is 1. The van der Waals surface area contributed by atoms with Gasteiger partial charge in [0.15, 0.2) is 0 Å². The fourth-order valence-corrected chi connectivity index (χ4v) is 4.60. The molecule has 2 aromatic carbocycles. The van der Waals surface area contributed by atoms with Crippen LogP contribution in [0.4, 0.5) is 23.0 Å². The van der Waals surface area contributed by atoms with Gasteiger partial charge in [0.05, 0.1) is 29.9 Å². The van der Waals surface area contributed by atoms with Crippen molar-refractivity contribution in [2.75, 3.05) is 56.3 Å². The first-order valence-electron chi connectivity index (χ1n) is 11.5. The molecule has 1 fully saturated rings. The van der Waals surface area contributed by atoms with Gasteiger partial charge in [-0.3, -0.25) is 0 Å². The number of likely N-dealkylation sites (N-methyl/N-ethyl adjacent to an activating group) is 1. The number of aromatic nitrogens is 3. The van der Waals surface area contributed by atoms with Gasteiger partial charge in [-0.05, 0) is 31.7 Å². The number of nitrogens with one attached hydrogen (secondary N) is 1. The third-order valence-corrected chi connectivity index (χ3v) is 6.56. The summed E-state index contributed by atoms with van der Waals surface area (Å²) in [7, 11) is 5.85. The third-order valence-electron chi connectivity index (χ3n) is 6.56. The van der Waals surface area contributed by atoms with E-state index in [4.69, 9.17) is 15.5 Å². The summed E-state index contributed by atoms with van der Waals surface area (Å²) < 4.78 is 7.65. The lowest BCUT2D eigenvalue weighted by Gasteiger charge is -2.35. The molecule has 8 nitrogen and oxygen atoms in total. The molecule has 3 N–H and O–H groups in total. The predicted molar refractivity (Wildman–Crippen MR) is 139 cm³/mol. The van der Waals surface area contributed by atoms with Gasteiger partial charge in [0.1, 0.15) is 5.75 Å². The van der Waals surface area contributed by atoms with E-state index in [9.17, 15) is 0 Å². The smallest absolute Gasteiger partial charge is 0.227 e. The van der Waals surface area contributed by atoms with Gasteiger partial charge in [0.25, 0.3) is 0 Å². The SMILES string of the molecule is COc1cc(N2CCN(C)CC2)c(Nc2ncc(C)c(-c3cn(C)c4ccccc34)n2)cc1N. The number of piperazine rings is 1. The fraction of sp³-hybridized carbons (Fsp3) is 0.308. The Balaban J connectivity index is 1.54. The van der Waals surface area contributed by atoms with E-state index in [2.05, 4.69) is 69.2 Å². The highest BCUT2D eigenvalue weighted by Crippen LogP contribution is 2.38. The third kappa shape index (κ3) is 4.01. The largest absolute Gasteiger partial charge is 0.495 e. The minimum atomic E-state index is 0.536. The maximum Gasteiger partial charge on any atom is 0.227 e. The van der Waals surface area contributed by atoms with Crippen molar-refractivity contribution in [3.63, 3.8) is 0 Å². The van der Waals surface area contributed by atoms with Gasteiger partial charge >= 0.3 is 0 Å². The van der Waals surface area contributed by atoms with E-state index in [0.717, 1.165) is 54.4 Å². The lowest BCUT2D eigenvalue weighted by molar-refractivity contribution is 0.313. The zero-order chi connectivity index (χ0) is 23.8. The molecular formula is C26H31N7O. The zero-order valence-electron chi connectivity index (χ0n) is 20.2. The van der Waals surface area contributed by atoms with Gasteiger partial charge in [-0.1, -0.05) is 18.2 Å². The van der Waals surface area contributed by atoms with Crippen LogP contribution in [0.5, 0.6) is 5.75 Å². The number of aryl methyl sites for hydroxylation is 2. The highest BCUT2D eigenvalue weighted by Gasteiger charge is 2.20. The molecule has 5 rings (SSSR count). The van der Waals surface area contributed by atoms with Crippen LogP contribution in [0.3, 0.4) is 0 Å². The standard InChI is InChI=1S/C26H31N7O/c1-17-15-28-26(30-25(17)19-16-32(3)22-8-6-5-7-18(19)22)29-21-13-20(27)24(34-4)14-23(21)33-11-9-31(2)10-12-33/h5-8,13-16H,9-12,27H2,1-4H3,(H,28,29,30). The number of nitrogen functional groups attached to an aromatic ring is 1. The number of benzene rings is 2. The normalized spacial score (nSPS) is 14.5. The van der Waals surface area contributed by atoms with Crippen LogP contribution in [0.2, 0.25) is 0 Å². The van der Waals surface area contributed by atoms with Crippen LogP contribution in [0.1, 0.15) is 5.56 Å². The Morgan fingerprint density at radius 1 is 1.06 bits per heavy atom. The predicted octanol–water partition coefficient (Wildman–Crippen LogP) is 4.03. The first kappa shape index (κ1) is 22.0. The quantitative estimate of drug-likeness (QED) is 0.438. The molecule has 2 aromatic heterocycles. The molecule has 0 atom stereocenters. The minimum Gasteiger partial charge on any atom is -0.495 e. The summed E-state index contributed by atoms with van der Waals surface area (Å²) in [5.74, 6) is 1.20. The van der Waals surface area contributed by atoms with Gasteiger partial charge in [-0.2, -0.15) is 0 Å². The molecule has 0 saturated carbocycles.